The van der Waals surface area contributed by atoms with Crippen LogP contribution in [-0.2, 0) is 50.7 Å². The lowest BCUT2D eigenvalue weighted by atomic mass is 9.87. The van der Waals surface area contributed by atoms with Crippen molar-refractivity contribution < 1.29 is 80.5 Å². The van der Waals surface area contributed by atoms with Gasteiger partial charge in [0.25, 0.3) is 0 Å². The predicted molar refractivity (Wildman–Crippen MR) is 284 cm³/mol. The van der Waals surface area contributed by atoms with Gasteiger partial charge < -0.3 is 50.9 Å². The zero-order valence-electron chi connectivity index (χ0n) is 44.0. The van der Waals surface area contributed by atoms with Gasteiger partial charge in [0.1, 0.15) is 36.3 Å². The number of unbranched alkanes of at least 4 members (excludes halogenated alkanes) is 22. The van der Waals surface area contributed by atoms with Crippen molar-refractivity contribution in [2.45, 2.75) is 212 Å². The number of nitrogen functional groups attached to an aromatic ring is 1. The molecule has 2 aromatic rings. The lowest BCUT2D eigenvalue weighted by Crippen LogP contribution is -2.46. The van der Waals surface area contributed by atoms with Gasteiger partial charge in [0.15, 0.2) is 22.8 Å². The van der Waals surface area contributed by atoms with Crippen molar-refractivity contribution in [3.05, 3.63) is 12.7 Å². The van der Waals surface area contributed by atoms with Crippen LogP contribution in [0.15, 0.2) is 12.7 Å². The zero-order chi connectivity index (χ0) is 55.3. The van der Waals surface area contributed by atoms with Crippen LogP contribution in [0, 0.1) is 5.41 Å². The van der Waals surface area contributed by atoms with E-state index in [2.05, 4.69) is 41.3 Å². The van der Waals surface area contributed by atoms with Gasteiger partial charge in [-0.15, -0.1) is 0 Å². The summed E-state index contributed by atoms with van der Waals surface area (Å²) < 4.78 is 62.6. The number of aliphatic hydroxyl groups excluding tert-OH is 2. The topological polar surface area (TPSA) is 364 Å². The van der Waals surface area contributed by atoms with Gasteiger partial charge >= 0.3 is 23.5 Å². The van der Waals surface area contributed by atoms with E-state index >= 15 is 0 Å². The van der Waals surface area contributed by atoms with E-state index < -0.39 is 84.6 Å². The summed E-state index contributed by atoms with van der Waals surface area (Å²) in [7, 11) is -16.4. The molecule has 2 aromatic heterocycles. The highest BCUT2D eigenvalue weighted by Crippen LogP contribution is 2.61. The van der Waals surface area contributed by atoms with Gasteiger partial charge in [0.2, 0.25) is 11.8 Å². The number of nitrogens with two attached hydrogens (primary N) is 1. The van der Waals surface area contributed by atoms with Crippen LogP contribution < -0.4 is 16.4 Å². The van der Waals surface area contributed by atoms with E-state index in [0.29, 0.717) is 12.2 Å². The molecule has 10 N–H and O–H groups in total. The fourth-order valence-electron chi connectivity index (χ4n) is 8.42. The molecule has 0 bridgehead atoms. The van der Waals surface area contributed by atoms with Gasteiger partial charge in [-0.2, -0.15) is 4.31 Å². The Labute approximate surface area is 446 Å². The minimum atomic E-state index is -5.58. The Bertz CT molecular complexity index is 2140. The molecular formula is C47H86N7O17P3S. The number of aliphatic hydroxyl groups is 2. The number of carbonyl (C=O) groups is 3. The smallest absolute Gasteiger partial charge is 0.386 e. The lowest BCUT2D eigenvalue weighted by molar-refractivity contribution is -0.137. The predicted octanol–water partition coefficient (Wildman–Crippen LogP) is 8.05. The average Bonchev–Trinajstić information content (AvgIpc) is 3.91. The highest BCUT2D eigenvalue weighted by atomic mass is 32.2. The Hall–Kier alpha value is -2.44. The Morgan fingerprint density at radius 3 is 1.81 bits per heavy atom. The molecule has 0 aliphatic carbocycles. The molecule has 1 fully saturated rings. The van der Waals surface area contributed by atoms with Crippen molar-refractivity contribution in [1.29, 1.82) is 0 Å². The van der Waals surface area contributed by atoms with E-state index in [-0.39, 0.29) is 41.6 Å². The summed E-state index contributed by atoms with van der Waals surface area (Å²) in [6, 6.07) is 0. The van der Waals surface area contributed by atoms with Crippen LogP contribution in [0.5, 0.6) is 0 Å². The second-order valence-electron chi connectivity index (χ2n) is 19.8. The van der Waals surface area contributed by atoms with Crippen molar-refractivity contribution in [2.24, 2.45) is 5.41 Å². The largest absolute Gasteiger partial charge is 0.481 e. The number of hydrogen-bond acceptors (Lipinski definition) is 18. The SMILES string of the molecule is CCCCCCCCCCCCCCCCCCCCCCCCCC(=O)SCCNC(=O)CCNC(=O)C(O)C(C)(C)COP(=O)(O)OP(=O)(O)OCC1OC(n2cnc3c(N)ncnc32)C(O)C1OP(=O)(O)O. The second-order valence-corrected chi connectivity index (χ2v) is 25.2. The summed E-state index contributed by atoms with van der Waals surface area (Å²) in [5.41, 5.74) is 4.30. The average molecular weight is 1150 g/mol. The first-order valence-electron chi connectivity index (χ1n) is 26.6. The molecular weight excluding hydrogens is 1060 g/mol. The Morgan fingerprint density at radius 1 is 0.760 bits per heavy atom. The molecule has 0 saturated carbocycles. The second kappa shape index (κ2) is 35.2. The van der Waals surface area contributed by atoms with Crippen LogP contribution in [-0.4, -0.2) is 123 Å². The fraction of sp³-hybridized carbons (Fsp3) is 0.830. The van der Waals surface area contributed by atoms with Crippen molar-refractivity contribution in [2.75, 3.05) is 37.8 Å². The van der Waals surface area contributed by atoms with Crippen LogP contribution in [0.25, 0.3) is 11.2 Å². The standard InChI is InChI=1S/C47H86N7O17P3S/c1-4-5-6-7-8-9-10-11-12-13-14-15-16-17-18-19-20-21-22-23-24-25-26-27-38(56)75-31-30-49-37(55)28-29-50-45(59)42(58)47(2,3)33-68-74(65,66)71-73(63,64)67-32-36-41(70-72(60,61)62)40(57)46(69-36)54-35-53-39-43(48)51-34-52-44(39)54/h34-36,40-42,46,57-58H,4-33H2,1-3H3,(H,49,55)(H,50,59)(H,63,64)(H,65,66)(H2,48,51,52)(H2,60,61,62). The van der Waals surface area contributed by atoms with Crippen LogP contribution in [0.3, 0.4) is 0 Å². The molecule has 3 rings (SSSR count). The fourth-order valence-corrected chi connectivity index (χ4v) is 12.0. The third-order valence-corrected chi connectivity index (χ3v) is 16.8. The molecule has 2 amide bonds. The summed E-state index contributed by atoms with van der Waals surface area (Å²) >= 11 is 1.16. The number of imidazole rings is 1. The maximum atomic E-state index is 12.8. The molecule has 432 valence electrons. The van der Waals surface area contributed by atoms with Crippen LogP contribution in [0.4, 0.5) is 5.82 Å². The number of fused-ring (bicyclic) bond motifs is 1. The summed E-state index contributed by atoms with van der Waals surface area (Å²) in [4.78, 5) is 88.7. The van der Waals surface area contributed by atoms with Gasteiger partial charge in [-0.3, -0.25) is 32.5 Å². The van der Waals surface area contributed by atoms with E-state index in [1.807, 2.05) is 0 Å². The molecule has 24 nitrogen and oxygen atoms in total. The van der Waals surface area contributed by atoms with E-state index in [9.17, 15) is 57.9 Å². The summed E-state index contributed by atoms with van der Waals surface area (Å²) in [5, 5.41) is 26.8. The van der Waals surface area contributed by atoms with Crippen LogP contribution >= 0.6 is 35.2 Å². The molecule has 1 aliphatic heterocycles. The minimum absolute atomic E-state index is 0.0347. The number of rotatable bonds is 43. The van der Waals surface area contributed by atoms with Gasteiger partial charge in [0.05, 0.1) is 19.5 Å². The number of phosphoric ester groups is 3. The number of anilines is 1. The van der Waals surface area contributed by atoms with Crippen molar-refractivity contribution in [1.82, 2.24) is 30.2 Å². The zero-order valence-corrected chi connectivity index (χ0v) is 47.5. The number of nitrogens with zero attached hydrogens (tertiary/aromatic N) is 4. The van der Waals surface area contributed by atoms with Crippen LogP contribution in [0.1, 0.15) is 188 Å². The number of hydrogen-bond donors (Lipinski definition) is 9. The van der Waals surface area contributed by atoms with Crippen molar-refractivity contribution >= 4 is 69.1 Å². The Morgan fingerprint density at radius 2 is 1.28 bits per heavy atom. The summed E-state index contributed by atoms with van der Waals surface area (Å²) in [5.74, 6) is -1.01. The molecule has 0 aromatic carbocycles. The maximum absolute atomic E-state index is 12.8. The quantitative estimate of drug-likeness (QED) is 0.0224. The van der Waals surface area contributed by atoms with Crippen molar-refractivity contribution in [3.63, 3.8) is 0 Å². The van der Waals surface area contributed by atoms with E-state index in [1.165, 1.54) is 142 Å². The van der Waals surface area contributed by atoms with Gasteiger partial charge in [-0.05, 0) is 6.42 Å². The first kappa shape index (κ1) is 66.8. The molecule has 1 saturated heterocycles. The number of phosphoric acid groups is 3. The number of ether oxygens (including phenoxy) is 1. The lowest BCUT2D eigenvalue weighted by Gasteiger charge is -2.30. The van der Waals surface area contributed by atoms with Crippen molar-refractivity contribution in [3.8, 4) is 0 Å². The molecule has 1 aliphatic rings. The van der Waals surface area contributed by atoms with Gasteiger partial charge in [0, 0.05) is 37.1 Å². The minimum Gasteiger partial charge on any atom is -0.386 e. The molecule has 28 heteroatoms. The molecule has 75 heavy (non-hydrogen) atoms. The van der Waals surface area contributed by atoms with E-state index in [0.717, 1.165) is 48.2 Å². The first-order chi connectivity index (χ1) is 35.6. The molecule has 0 spiro atoms. The van der Waals surface area contributed by atoms with Crippen LogP contribution in [0.2, 0.25) is 0 Å². The number of aromatic nitrogens is 4. The molecule has 7 unspecified atom stereocenters. The van der Waals surface area contributed by atoms with E-state index in [1.54, 1.807) is 0 Å². The maximum Gasteiger partial charge on any atom is 0.481 e. The Balaban J connectivity index is 1.20. The number of carbonyl (C=O) groups excluding carboxylic acids is 3. The number of thioether (sulfide) groups is 1. The Kier molecular flexibility index (Phi) is 31.4. The molecule has 3 heterocycles. The molecule has 7 atom stereocenters. The highest BCUT2D eigenvalue weighted by Gasteiger charge is 2.50. The van der Waals surface area contributed by atoms with Gasteiger partial charge in [-0.1, -0.05) is 174 Å². The third kappa shape index (κ3) is 27.3. The van der Waals surface area contributed by atoms with E-state index in [4.69, 9.17) is 19.5 Å². The summed E-state index contributed by atoms with van der Waals surface area (Å²) in [6.45, 7) is 2.86. The third-order valence-electron chi connectivity index (χ3n) is 12.7. The number of amides is 2. The monoisotopic (exact) mass is 1150 g/mol. The summed E-state index contributed by atoms with van der Waals surface area (Å²) in [6.07, 6.45) is 23.8. The number of nitrogens with one attached hydrogen (secondary N) is 2. The molecule has 0 radical (unpaired) electrons. The van der Waals surface area contributed by atoms with Gasteiger partial charge in [-0.25, -0.2) is 28.6 Å². The highest BCUT2D eigenvalue weighted by molar-refractivity contribution is 8.13. The first-order valence-corrected chi connectivity index (χ1v) is 32.1. The normalized spacial score (nSPS) is 19.2.